The molecule has 104 valence electrons. The van der Waals surface area contributed by atoms with Gasteiger partial charge in [-0.3, -0.25) is 4.79 Å². The second-order valence-corrected chi connectivity index (χ2v) is 7.18. The SMILES string of the molecule is O=C(O)C1CSC(C2CC2)N1S(=O)(=O)C(F)(F)F. The number of aliphatic carboxylic acids is 1. The van der Waals surface area contributed by atoms with Crippen molar-refractivity contribution in [2.75, 3.05) is 5.75 Å². The molecule has 2 fully saturated rings. The molecule has 1 saturated carbocycles. The predicted octanol–water partition coefficient (Wildman–Crippen LogP) is 1.07. The first-order chi connectivity index (χ1) is 8.16. The average Bonchev–Trinajstić information content (AvgIpc) is 2.94. The summed E-state index contributed by atoms with van der Waals surface area (Å²) in [7, 11) is -5.59. The number of alkyl halides is 3. The third-order valence-electron chi connectivity index (χ3n) is 2.86. The van der Waals surface area contributed by atoms with Crippen LogP contribution in [0.1, 0.15) is 12.8 Å². The Labute approximate surface area is 105 Å². The highest BCUT2D eigenvalue weighted by Gasteiger charge is 2.60. The number of thioether (sulfide) groups is 1. The first kappa shape index (κ1) is 13.9. The van der Waals surface area contributed by atoms with Gasteiger partial charge in [-0.2, -0.15) is 17.5 Å². The molecule has 0 aromatic heterocycles. The highest BCUT2D eigenvalue weighted by Crippen LogP contribution is 2.48. The summed E-state index contributed by atoms with van der Waals surface area (Å²) in [5, 5.41) is 7.94. The third kappa shape index (κ3) is 2.21. The number of carboxylic acid groups (broad SMARTS) is 1. The fraction of sp³-hybridized carbons (Fsp3) is 0.875. The Morgan fingerprint density at radius 2 is 1.89 bits per heavy atom. The van der Waals surface area contributed by atoms with Crippen LogP contribution in [0.2, 0.25) is 0 Å². The number of carbonyl (C=O) groups is 1. The predicted molar refractivity (Wildman–Crippen MR) is 57.2 cm³/mol. The van der Waals surface area contributed by atoms with Crippen molar-refractivity contribution in [3.05, 3.63) is 0 Å². The molecule has 2 unspecified atom stereocenters. The Kier molecular flexibility index (Phi) is 3.31. The molecular weight excluding hydrogens is 295 g/mol. The molecule has 1 aliphatic heterocycles. The van der Waals surface area contributed by atoms with Crippen molar-refractivity contribution in [3.63, 3.8) is 0 Å². The van der Waals surface area contributed by atoms with Gasteiger partial charge in [-0.05, 0) is 18.8 Å². The Bertz CT molecular complexity index is 459. The van der Waals surface area contributed by atoms with Gasteiger partial charge in [0.2, 0.25) is 0 Å². The van der Waals surface area contributed by atoms with E-state index in [2.05, 4.69) is 0 Å². The Morgan fingerprint density at radius 3 is 2.28 bits per heavy atom. The van der Waals surface area contributed by atoms with Crippen LogP contribution in [0.4, 0.5) is 13.2 Å². The molecule has 2 atom stereocenters. The van der Waals surface area contributed by atoms with Crippen molar-refractivity contribution in [2.45, 2.75) is 29.8 Å². The van der Waals surface area contributed by atoms with Crippen LogP contribution in [-0.2, 0) is 14.8 Å². The summed E-state index contributed by atoms with van der Waals surface area (Å²) in [5.74, 6) is -1.86. The summed E-state index contributed by atoms with van der Waals surface area (Å²) in [6.07, 6.45) is 1.27. The van der Waals surface area contributed by atoms with Crippen LogP contribution < -0.4 is 0 Å². The summed E-state index contributed by atoms with van der Waals surface area (Å²) in [4.78, 5) is 10.9. The zero-order chi connectivity index (χ0) is 13.7. The van der Waals surface area contributed by atoms with E-state index in [1.165, 1.54) is 0 Å². The van der Waals surface area contributed by atoms with E-state index in [1.807, 2.05) is 0 Å². The van der Waals surface area contributed by atoms with E-state index >= 15 is 0 Å². The monoisotopic (exact) mass is 305 g/mol. The Balaban J connectivity index is 2.37. The van der Waals surface area contributed by atoms with Crippen LogP contribution in [0.5, 0.6) is 0 Å². The standard InChI is InChI=1S/C8H10F3NO4S2/c9-8(10,11)18(15,16)12-5(7(13)14)3-17-6(12)4-1-2-4/h4-6H,1-3H2,(H,13,14). The van der Waals surface area contributed by atoms with Gasteiger partial charge in [-0.25, -0.2) is 8.42 Å². The lowest BCUT2D eigenvalue weighted by molar-refractivity contribution is -0.140. The van der Waals surface area contributed by atoms with Gasteiger partial charge in [0.15, 0.2) is 0 Å². The molecule has 0 amide bonds. The van der Waals surface area contributed by atoms with Gasteiger partial charge >= 0.3 is 21.5 Å². The van der Waals surface area contributed by atoms with Gasteiger partial charge < -0.3 is 5.11 Å². The van der Waals surface area contributed by atoms with Crippen LogP contribution in [0, 0.1) is 5.92 Å². The molecule has 2 aliphatic rings. The zero-order valence-corrected chi connectivity index (χ0v) is 10.6. The second-order valence-electron chi connectivity index (χ2n) is 4.20. The van der Waals surface area contributed by atoms with E-state index in [1.54, 1.807) is 0 Å². The van der Waals surface area contributed by atoms with Gasteiger partial charge in [0, 0.05) is 5.75 Å². The highest BCUT2D eigenvalue weighted by molar-refractivity contribution is 8.01. The topological polar surface area (TPSA) is 74.7 Å². The summed E-state index contributed by atoms with van der Waals surface area (Å²) in [6, 6.07) is -1.63. The summed E-state index contributed by atoms with van der Waals surface area (Å²) < 4.78 is 60.7. The molecule has 1 saturated heterocycles. The maximum Gasteiger partial charge on any atom is 0.511 e. The molecule has 2 rings (SSSR count). The summed E-state index contributed by atoms with van der Waals surface area (Å²) in [6.45, 7) is 0. The second kappa shape index (κ2) is 4.27. The first-order valence-electron chi connectivity index (χ1n) is 5.10. The van der Waals surface area contributed by atoms with E-state index in [0.29, 0.717) is 12.8 Å². The average molecular weight is 305 g/mol. The number of halogens is 3. The smallest absolute Gasteiger partial charge is 0.480 e. The van der Waals surface area contributed by atoms with Crippen molar-refractivity contribution in [1.29, 1.82) is 0 Å². The third-order valence-corrected chi connectivity index (χ3v) is 6.08. The molecule has 1 aliphatic carbocycles. The molecule has 1 N–H and O–H groups in total. The maximum absolute atomic E-state index is 12.5. The largest absolute Gasteiger partial charge is 0.511 e. The van der Waals surface area contributed by atoms with E-state index in [4.69, 9.17) is 5.11 Å². The Morgan fingerprint density at radius 1 is 1.33 bits per heavy atom. The number of sulfonamides is 1. The van der Waals surface area contributed by atoms with Gasteiger partial charge in [-0.15, -0.1) is 11.8 Å². The quantitative estimate of drug-likeness (QED) is 0.844. The Hall–Kier alpha value is -0.480. The molecule has 5 nitrogen and oxygen atoms in total. The minimum Gasteiger partial charge on any atom is -0.480 e. The zero-order valence-electron chi connectivity index (χ0n) is 8.92. The van der Waals surface area contributed by atoms with Crippen molar-refractivity contribution < 1.29 is 31.5 Å². The minimum absolute atomic E-state index is 0.137. The van der Waals surface area contributed by atoms with Crippen molar-refractivity contribution in [2.24, 2.45) is 5.92 Å². The first-order valence-corrected chi connectivity index (χ1v) is 7.59. The molecule has 0 spiro atoms. The minimum atomic E-state index is -5.59. The van der Waals surface area contributed by atoms with E-state index in [0.717, 1.165) is 11.8 Å². The number of carboxylic acids is 1. The summed E-state index contributed by atoms with van der Waals surface area (Å²) in [5.41, 5.74) is -5.46. The molecule has 0 aromatic carbocycles. The lowest BCUT2D eigenvalue weighted by Crippen LogP contribution is -2.50. The van der Waals surface area contributed by atoms with Crippen molar-refractivity contribution in [3.8, 4) is 0 Å². The van der Waals surface area contributed by atoms with Crippen molar-refractivity contribution >= 4 is 27.8 Å². The molecule has 10 heteroatoms. The lowest BCUT2D eigenvalue weighted by atomic mass is 10.3. The van der Waals surface area contributed by atoms with E-state index < -0.39 is 32.9 Å². The molecule has 0 radical (unpaired) electrons. The maximum atomic E-state index is 12.5. The fourth-order valence-corrected chi connectivity index (χ4v) is 5.17. The number of rotatable bonds is 3. The lowest BCUT2D eigenvalue weighted by Gasteiger charge is -2.27. The van der Waals surface area contributed by atoms with Gasteiger partial charge in [0.05, 0.1) is 5.37 Å². The normalized spacial score (nSPS) is 30.6. The number of hydrogen-bond donors (Lipinski definition) is 1. The molecule has 1 heterocycles. The van der Waals surface area contributed by atoms with Gasteiger partial charge in [0.25, 0.3) is 0 Å². The molecule has 18 heavy (non-hydrogen) atoms. The number of nitrogens with zero attached hydrogens (tertiary/aromatic N) is 1. The van der Waals surface area contributed by atoms with E-state index in [9.17, 15) is 26.4 Å². The molecule has 0 aromatic rings. The highest BCUT2D eigenvalue weighted by atomic mass is 32.2. The van der Waals surface area contributed by atoms with Crippen LogP contribution in [-0.4, -0.2) is 46.5 Å². The van der Waals surface area contributed by atoms with Crippen LogP contribution in [0.3, 0.4) is 0 Å². The van der Waals surface area contributed by atoms with Crippen molar-refractivity contribution in [1.82, 2.24) is 4.31 Å². The van der Waals surface area contributed by atoms with Crippen LogP contribution in [0.25, 0.3) is 0 Å². The molecular formula is C8H10F3NO4S2. The van der Waals surface area contributed by atoms with Gasteiger partial charge in [0.1, 0.15) is 6.04 Å². The van der Waals surface area contributed by atoms with Crippen LogP contribution in [0.15, 0.2) is 0 Å². The summed E-state index contributed by atoms with van der Waals surface area (Å²) >= 11 is 0.966. The number of hydrogen-bond acceptors (Lipinski definition) is 4. The fourth-order valence-electron chi connectivity index (χ4n) is 1.84. The molecule has 0 bridgehead atoms. The van der Waals surface area contributed by atoms with Gasteiger partial charge in [-0.1, -0.05) is 0 Å². The van der Waals surface area contributed by atoms with Crippen LogP contribution >= 0.6 is 11.8 Å². The van der Waals surface area contributed by atoms with E-state index in [-0.39, 0.29) is 16.0 Å².